The molecule has 0 heterocycles. The van der Waals surface area contributed by atoms with E-state index in [4.69, 9.17) is 4.74 Å². The van der Waals surface area contributed by atoms with Gasteiger partial charge in [0.05, 0.1) is 0 Å². The summed E-state index contributed by atoms with van der Waals surface area (Å²) >= 11 is 0. The van der Waals surface area contributed by atoms with Gasteiger partial charge in [0, 0.05) is 5.56 Å². The Balaban J connectivity index is 2.25. The summed E-state index contributed by atoms with van der Waals surface area (Å²) in [5.41, 5.74) is 2.01. The van der Waals surface area contributed by atoms with E-state index in [-0.39, 0.29) is 11.4 Å². The predicted octanol–water partition coefficient (Wildman–Crippen LogP) is 5.47. The van der Waals surface area contributed by atoms with Crippen LogP contribution in [0.15, 0.2) is 42.5 Å². The highest BCUT2D eigenvalue weighted by molar-refractivity contribution is 5.80. The molecule has 2 rings (SSSR count). The van der Waals surface area contributed by atoms with Gasteiger partial charge in [-0.3, -0.25) is 4.79 Å². The lowest BCUT2D eigenvalue weighted by Gasteiger charge is -2.35. The van der Waals surface area contributed by atoms with Crippen LogP contribution in [0.25, 0.3) is 11.1 Å². The van der Waals surface area contributed by atoms with Crippen molar-refractivity contribution in [1.82, 2.24) is 0 Å². The average molecular weight is 326 g/mol. The minimum Gasteiger partial charge on any atom is -0.508 e. The van der Waals surface area contributed by atoms with Crippen molar-refractivity contribution in [2.45, 2.75) is 46.1 Å². The number of hydrogen-bond acceptors (Lipinski definition) is 3. The third-order valence-corrected chi connectivity index (χ3v) is 4.97. The van der Waals surface area contributed by atoms with Gasteiger partial charge in [0.1, 0.15) is 23.4 Å². The SMILES string of the molecule is CCC(C)C(C)(CC)Oc1ccc(-c2cc(O)cc(C=O)c2)cc1. The first-order valence-corrected chi connectivity index (χ1v) is 8.50. The molecule has 128 valence electrons. The molecule has 24 heavy (non-hydrogen) atoms. The Morgan fingerprint density at radius 1 is 1.12 bits per heavy atom. The lowest BCUT2D eigenvalue weighted by atomic mass is 9.86. The smallest absolute Gasteiger partial charge is 0.150 e. The Morgan fingerprint density at radius 2 is 1.79 bits per heavy atom. The van der Waals surface area contributed by atoms with Crippen molar-refractivity contribution < 1.29 is 14.6 Å². The van der Waals surface area contributed by atoms with Crippen LogP contribution in [0.1, 0.15) is 50.9 Å². The maximum absolute atomic E-state index is 10.9. The van der Waals surface area contributed by atoms with Crippen LogP contribution in [0.3, 0.4) is 0 Å². The normalized spacial score (nSPS) is 14.7. The summed E-state index contributed by atoms with van der Waals surface area (Å²) in [6.07, 6.45) is 2.75. The fraction of sp³-hybridized carbons (Fsp3) is 0.381. The molecule has 0 aliphatic carbocycles. The number of rotatable bonds is 7. The summed E-state index contributed by atoms with van der Waals surface area (Å²) in [6, 6.07) is 12.6. The maximum Gasteiger partial charge on any atom is 0.150 e. The van der Waals surface area contributed by atoms with Crippen LogP contribution in [0.4, 0.5) is 0 Å². The molecule has 0 amide bonds. The molecule has 2 unspecified atom stereocenters. The lowest BCUT2D eigenvalue weighted by molar-refractivity contribution is 0.0275. The number of aldehydes is 1. The van der Waals surface area contributed by atoms with Gasteiger partial charge in [0.2, 0.25) is 0 Å². The zero-order valence-electron chi connectivity index (χ0n) is 14.9. The van der Waals surface area contributed by atoms with Gasteiger partial charge >= 0.3 is 0 Å². The van der Waals surface area contributed by atoms with Crippen molar-refractivity contribution in [2.24, 2.45) is 5.92 Å². The van der Waals surface area contributed by atoms with Crippen LogP contribution < -0.4 is 4.74 Å². The van der Waals surface area contributed by atoms with Crippen LogP contribution in [0, 0.1) is 5.92 Å². The van der Waals surface area contributed by atoms with Crippen LogP contribution in [-0.4, -0.2) is 17.0 Å². The van der Waals surface area contributed by atoms with E-state index in [1.807, 2.05) is 24.3 Å². The van der Waals surface area contributed by atoms with Crippen molar-refractivity contribution in [3.05, 3.63) is 48.0 Å². The summed E-state index contributed by atoms with van der Waals surface area (Å²) in [6.45, 7) is 8.69. The minimum atomic E-state index is -0.189. The van der Waals surface area contributed by atoms with Crippen LogP contribution in [-0.2, 0) is 0 Å². The van der Waals surface area contributed by atoms with E-state index in [1.165, 1.54) is 6.07 Å². The number of phenols is 1. The van der Waals surface area contributed by atoms with Gasteiger partial charge in [-0.1, -0.05) is 32.9 Å². The molecule has 0 fully saturated rings. The zero-order valence-corrected chi connectivity index (χ0v) is 14.9. The Morgan fingerprint density at radius 3 is 2.33 bits per heavy atom. The molecule has 0 radical (unpaired) electrons. The second-order valence-corrected chi connectivity index (χ2v) is 6.53. The van der Waals surface area contributed by atoms with Gasteiger partial charge in [0.15, 0.2) is 0 Å². The van der Waals surface area contributed by atoms with Crippen molar-refractivity contribution >= 4 is 6.29 Å². The first-order chi connectivity index (χ1) is 11.4. The molecular formula is C21H26O3. The topological polar surface area (TPSA) is 46.5 Å². The number of carbonyl (C=O) groups excluding carboxylic acids is 1. The molecule has 0 saturated carbocycles. The van der Waals surface area contributed by atoms with Crippen molar-refractivity contribution in [3.8, 4) is 22.6 Å². The number of benzene rings is 2. The molecule has 2 aromatic rings. The molecule has 0 spiro atoms. The highest BCUT2D eigenvalue weighted by Gasteiger charge is 2.30. The Hall–Kier alpha value is -2.29. The predicted molar refractivity (Wildman–Crippen MR) is 97.7 cm³/mol. The molecule has 0 aliphatic heterocycles. The van der Waals surface area contributed by atoms with Gasteiger partial charge in [-0.05, 0) is 67.1 Å². The van der Waals surface area contributed by atoms with Gasteiger partial charge in [0.25, 0.3) is 0 Å². The second kappa shape index (κ2) is 7.52. The lowest BCUT2D eigenvalue weighted by Crippen LogP contribution is -2.38. The van der Waals surface area contributed by atoms with Crippen molar-refractivity contribution in [3.63, 3.8) is 0 Å². The fourth-order valence-corrected chi connectivity index (χ4v) is 2.81. The Kier molecular flexibility index (Phi) is 5.66. The molecule has 1 N–H and O–H groups in total. The molecule has 3 heteroatoms. The largest absolute Gasteiger partial charge is 0.508 e. The van der Waals surface area contributed by atoms with Gasteiger partial charge in [-0.25, -0.2) is 0 Å². The van der Waals surface area contributed by atoms with Gasteiger partial charge < -0.3 is 9.84 Å². The van der Waals surface area contributed by atoms with E-state index in [0.717, 1.165) is 36.0 Å². The first kappa shape index (κ1) is 18.1. The van der Waals surface area contributed by atoms with E-state index in [2.05, 4.69) is 27.7 Å². The quantitative estimate of drug-likeness (QED) is 0.687. The van der Waals surface area contributed by atoms with Crippen LogP contribution in [0.5, 0.6) is 11.5 Å². The molecule has 0 saturated heterocycles. The monoisotopic (exact) mass is 326 g/mol. The minimum absolute atomic E-state index is 0.0882. The Labute approximate surface area is 144 Å². The highest BCUT2D eigenvalue weighted by Crippen LogP contribution is 2.32. The van der Waals surface area contributed by atoms with E-state index < -0.39 is 0 Å². The molecule has 2 atom stereocenters. The number of phenolic OH excluding ortho intramolecular Hbond substituents is 1. The zero-order chi connectivity index (χ0) is 17.7. The summed E-state index contributed by atoms with van der Waals surface area (Å²) < 4.78 is 6.26. The van der Waals surface area contributed by atoms with Crippen molar-refractivity contribution in [1.29, 1.82) is 0 Å². The summed E-state index contributed by atoms with van der Waals surface area (Å²) in [5, 5.41) is 9.73. The number of aromatic hydroxyl groups is 1. The van der Waals surface area contributed by atoms with Gasteiger partial charge in [-0.2, -0.15) is 0 Å². The number of ether oxygens (including phenoxy) is 1. The van der Waals surface area contributed by atoms with Gasteiger partial charge in [-0.15, -0.1) is 0 Å². The van der Waals surface area contributed by atoms with E-state index in [0.29, 0.717) is 11.5 Å². The van der Waals surface area contributed by atoms with E-state index in [1.54, 1.807) is 12.1 Å². The van der Waals surface area contributed by atoms with E-state index in [9.17, 15) is 9.90 Å². The molecule has 2 aromatic carbocycles. The number of hydrogen-bond donors (Lipinski definition) is 1. The second-order valence-electron chi connectivity index (χ2n) is 6.53. The third kappa shape index (κ3) is 3.97. The molecule has 0 bridgehead atoms. The number of carbonyl (C=O) groups is 1. The first-order valence-electron chi connectivity index (χ1n) is 8.50. The summed E-state index contributed by atoms with van der Waals surface area (Å²) in [7, 11) is 0. The molecule has 3 nitrogen and oxygen atoms in total. The average Bonchev–Trinajstić information content (AvgIpc) is 2.60. The highest BCUT2D eigenvalue weighted by atomic mass is 16.5. The Bertz CT molecular complexity index is 691. The third-order valence-electron chi connectivity index (χ3n) is 4.97. The standard InChI is InChI=1S/C21H26O3/c1-5-15(3)21(4,6-2)24-20-9-7-17(8-10-20)18-11-16(14-22)12-19(23)13-18/h7-15,23H,5-6H2,1-4H3. The fourth-order valence-electron chi connectivity index (χ4n) is 2.81. The van der Waals surface area contributed by atoms with E-state index >= 15 is 0 Å². The summed E-state index contributed by atoms with van der Waals surface area (Å²) in [5.74, 6) is 1.38. The summed E-state index contributed by atoms with van der Waals surface area (Å²) in [4.78, 5) is 10.9. The van der Waals surface area contributed by atoms with Crippen molar-refractivity contribution in [2.75, 3.05) is 0 Å². The van der Waals surface area contributed by atoms with Crippen LogP contribution >= 0.6 is 0 Å². The molecule has 0 aliphatic rings. The molecule has 0 aromatic heterocycles. The molecular weight excluding hydrogens is 300 g/mol. The maximum atomic E-state index is 10.9. The van der Waals surface area contributed by atoms with Crippen LogP contribution in [0.2, 0.25) is 0 Å².